The number of ether oxygens (including phenoxy) is 1. The Kier molecular flexibility index (Phi) is 5.53. The predicted molar refractivity (Wildman–Crippen MR) is 99.6 cm³/mol. The van der Waals surface area contributed by atoms with Crippen LogP contribution in [0.25, 0.3) is 22.6 Å². The van der Waals surface area contributed by atoms with Gasteiger partial charge in [0.05, 0.1) is 0 Å². The molecule has 0 aliphatic heterocycles. The number of aryl methyl sites for hydroxylation is 1. The SMILES string of the molecule is CCCn1c(=O)n(CCCOC)c(=O)c2[nH]c(-c3ccc(Cl)nc3)nc21. The molecular weight excluding hydrogens is 358 g/mol. The lowest BCUT2D eigenvalue weighted by molar-refractivity contribution is 0.189. The summed E-state index contributed by atoms with van der Waals surface area (Å²) in [6.07, 6.45) is 2.89. The summed E-state index contributed by atoms with van der Waals surface area (Å²) in [5, 5.41) is 0.369. The first kappa shape index (κ1) is 18.3. The summed E-state index contributed by atoms with van der Waals surface area (Å²) in [7, 11) is 1.59. The molecule has 8 nitrogen and oxygen atoms in total. The van der Waals surface area contributed by atoms with E-state index in [2.05, 4.69) is 15.0 Å². The minimum Gasteiger partial charge on any atom is -0.385 e. The topological polar surface area (TPSA) is 94.8 Å². The molecule has 3 aromatic rings. The van der Waals surface area contributed by atoms with E-state index in [1.54, 1.807) is 25.4 Å². The third-order valence-electron chi connectivity index (χ3n) is 4.04. The van der Waals surface area contributed by atoms with Gasteiger partial charge in [-0.25, -0.2) is 14.8 Å². The molecule has 0 aliphatic carbocycles. The Morgan fingerprint density at radius 3 is 2.69 bits per heavy atom. The van der Waals surface area contributed by atoms with E-state index in [1.165, 1.54) is 9.13 Å². The number of hydrogen-bond donors (Lipinski definition) is 1. The second-order valence-electron chi connectivity index (χ2n) is 5.89. The number of aromatic nitrogens is 5. The highest BCUT2D eigenvalue weighted by atomic mass is 35.5. The zero-order valence-corrected chi connectivity index (χ0v) is 15.4. The number of methoxy groups -OCH3 is 1. The fraction of sp³-hybridized carbons (Fsp3) is 0.412. The van der Waals surface area contributed by atoms with E-state index in [4.69, 9.17) is 16.3 Å². The van der Waals surface area contributed by atoms with Crippen LogP contribution in [-0.4, -0.2) is 37.8 Å². The Balaban J connectivity index is 2.18. The number of nitrogens with one attached hydrogen (secondary N) is 1. The molecule has 0 spiro atoms. The van der Waals surface area contributed by atoms with E-state index in [0.717, 1.165) is 6.42 Å². The van der Waals surface area contributed by atoms with Crippen molar-refractivity contribution in [1.82, 2.24) is 24.1 Å². The van der Waals surface area contributed by atoms with Gasteiger partial charge in [-0.15, -0.1) is 0 Å². The van der Waals surface area contributed by atoms with Gasteiger partial charge in [-0.1, -0.05) is 18.5 Å². The number of aromatic amines is 1. The standard InChI is InChI=1S/C17H20ClN5O3/c1-3-7-22-15-13(16(24)23(17(22)25)8-4-9-26-2)20-14(21-15)11-5-6-12(18)19-10-11/h5-6,10H,3-4,7-9H2,1-2H3,(H,20,21). The van der Waals surface area contributed by atoms with Crippen molar-refractivity contribution in [2.45, 2.75) is 32.9 Å². The van der Waals surface area contributed by atoms with E-state index in [-0.39, 0.29) is 11.2 Å². The molecule has 0 atom stereocenters. The molecule has 0 amide bonds. The van der Waals surface area contributed by atoms with E-state index < -0.39 is 0 Å². The molecule has 0 radical (unpaired) electrons. The van der Waals surface area contributed by atoms with E-state index in [0.29, 0.717) is 53.8 Å². The summed E-state index contributed by atoms with van der Waals surface area (Å²) in [5.41, 5.74) is 0.614. The fourth-order valence-corrected chi connectivity index (χ4v) is 2.92. The van der Waals surface area contributed by atoms with Crippen LogP contribution in [0.2, 0.25) is 5.15 Å². The summed E-state index contributed by atoms with van der Waals surface area (Å²) < 4.78 is 7.79. The number of hydrogen-bond acceptors (Lipinski definition) is 5. The molecule has 9 heteroatoms. The van der Waals surface area contributed by atoms with Gasteiger partial charge in [-0.05, 0) is 25.0 Å². The summed E-state index contributed by atoms with van der Waals surface area (Å²) in [6, 6.07) is 3.40. The Morgan fingerprint density at radius 1 is 1.23 bits per heavy atom. The number of fused-ring (bicyclic) bond motifs is 1. The first-order chi connectivity index (χ1) is 12.6. The van der Waals surface area contributed by atoms with Gasteiger partial charge < -0.3 is 9.72 Å². The molecule has 0 fully saturated rings. The van der Waals surface area contributed by atoms with Crippen molar-refractivity contribution < 1.29 is 4.74 Å². The van der Waals surface area contributed by atoms with Crippen molar-refractivity contribution >= 4 is 22.8 Å². The molecular formula is C17H20ClN5O3. The first-order valence-electron chi connectivity index (χ1n) is 8.41. The number of H-pyrrole nitrogens is 1. The number of nitrogens with zero attached hydrogens (tertiary/aromatic N) is 4. The molecule has 1 N–H and O–H groups in total. The minimum atomic E-state index is -0.380. The largest absolute Gasteiger partial charge is 0.385 e. The number of imidazole rings is 1. The van der Waals surface area contributed by atoms with Gasteiger partial charge in [-0.2, -0.15) is 0 Å². The Labute approximate surface area is 154 Å². The average Bonchev–Trinajstić information content (AvgIpc) is 3.07. The van der Waals surface area contributed by atoms with Crippen LogP contribution < -0.4 is 11.2 Å². The Morgan fingerprint density at radius 2 is 2.04 bits per heavy atom. The van der Waals surface area contributed by atoms with Crippen LogP contribution in [0.5, 0.6) is 0 Å². The van der Waals surface area contributed by atoms with Gasteiger partial charge in [-0.3, -0.25) is 13.9 Å². The first-order valence-corrected chi connectivity index (χ1v) is 8.78. The highest BCUT2D eigenvalue weighted by molar-refractivity contribution is 6.29. The monoisotopic (exact) mass is 377 g/mol. The van der Waals surface area contributed by atoms with Crippen LogP contribution >= 0.6 is 11.6 Å². The molecule has 138 valence electrons. The maximum Gasteiger partial charge on any atom is 0.332 e. The van der Waals surface area contributed by atoms with Gasteiger partial charge in [0.1, 0.15) is 16.5 Å². The number of halogens is 1. The van der Waals surface area contributed by atoms with Gasteiger partial charge in [0.2, 0.25) is 0 Å². The second-order valence-corrected chi connectivity index (χ2v) is 6.28. The molecule has 0 bridgehead atoms. The normalized spacial score (nSPS) is 11.3. The van der Waals surface area contributed by atoms with Crippen LogP contribution in [-0.2, 0) is 17.8 Å². The highest BCUT2D eigenvalue weighted by Crippen LogP contribution is 2.19. The van der Waals surface area contributed by atoms with Crippen molar-refractivity contribution in [1.29, 1.82) is 0 Å². The van der Waals surface area contributed by atoms with E-state index >= 15 is 0 Å². The Bertz CT molecular complexity index is 1020. The molecule has 0 saturated heterocycles. The lowest BCUT2D eigenvalue weighted by Crippen LogP contribution is -2.40. The van der Waals surface area contributed by atoms with Crippen LogP contribution in [0.1, 0.15) is 19.8 Å². The number of rotatable bonds is 7. The summed E-state index contributed by atoms with van der Waals surface area (Å²) >= 11 is 5.82. The summed E-state index contributed by atoms with van der Waals surface area (Å²) in [6.45, 7) is 3.21. The molecule has 26 heavy (non-hydrogen) atoms. The third kappa shape index (κ3) is 3.42. The molecule has 0 aromatic carbocycles. The van der Waals surface area contributed by atoms with E-state index in [9.17, 15) is 9.59 Å². The molecule has 3 heterocycles. The van der Waals surface area contributed by atoms with Crippen molar-refractivity contribution in [3.63, 3.8) is 0 Å². The molecule has 3 rings (SSSR count). The second kappa shape index (κ2) is 7.84. The predicted octanol–water partition coefficient (Wildman–Crippen LogP) is 2.05. The zero-order chi connectivity index (χ0) is 18.7. The van der Waals surface area contributed by atoms with Crippen molar-refractivity contribution in [2.75, 3.05) is 13.7 Å². The quantitative estimate of drug-likeness (QED) is 0.502. The maximum atomic E-state index is 12.8. The maximum absolute atomic E-state index is 12.8. The van der Waals surface area contributed by atoms with Crippen molar-refractivity contribution in [2.24, 2.45) is 0 Å². The highest BCUT2D eigenvalue weighted by Gasteiger charge is 2.17. The minimum absolute atomic E-state index is 0.294. The van der Waals surface area contributed by atoms with Gasteiger partial charge >= 0.3 is 5.69 Å². The Hall–Kier alpha value is -2.45. The van der Waals surface area contributed by atoms with Crippen LogP contribution in [0.3, 0.4) is 0 Å². The van der Waals surface area contributed by atoms with Gasteiger partial charge in [0, 0.05) is 38.6 Å². The van der Waals surface area contributed by atoms with Gasteiger partial charge in [0.15, 0.2) is 5.65 Å². The van der Waals surface area contributed by atoms with Crippen molar-refractivity contribution in [3.05, 3.63) is 44.3 Å². The third-order valence-corrected chi connectivity index (χ3v) is 4.26. The summed E-state index contributed by atoms with van der Waals surface area (Å²) in [5.74, 6) is 0.472. The number of pyridine rings is 1. The molecule has 0 saturated carbocycles. The molecule has 3 aromatic heterocycles. The summed E-state index contributed by atoms with van der Waals surface area (Å²) in [4.78, 5) is 37.1. The smallest absolute Gasteiger partial charge is 0.332 e. The fourth-order valence-electron chi connectivity index (χ4n) is 2.81. The van der Waals surface area contributed by atoms with Gasteiger partial charge in [0.25, 0.3) is 5.56 Å². The van der Waals surface area contributed by atoms with Crippen LogP contribution in [0.15, 0.2) is 27.9 Å². The van der Waals surface area contributed by atoms with Crippen LogP contribution in [0, 0.1) is 0 Å². The van der Waals surface area contributed by atoms with E-state index in [1.807, 2.05) is 6.92 Å². The molecule has 0 unspecified atom stereocenters. The van der Waals surface area contributed by atoms with Crippen molar-refractivity contribution in [3.8, 4) is 11.4 Å². The lowest BCUT2D eigenvalue weighted by atomic mass is 10.3. The average molecular weight is 378 g/mol. The zero-order valence-electron chi connectivity index (χ0n) is 14.7. The van der Waals surface area contributed by atoms with Crippen LogP contribution in [0.4, 0.5) is 0 Å². The lowest BCUT2D eigenvalue weighted by Gasteiger charge is -2.10. The molecule has 0 aliphatic rings.